The van der Waals surface area contributed by atoms with E-state index in [1.165, 1.54) is 0 Å². The highest BCUT2D eigenvalue weighted by Crippen LogP contribution is 2.24. The highest BCUT2D eigenvalue weighted by atomic mass is 15.1. The first-order valence-electron chi connectivity index (χ1n) is 7.34. The highest BCUT2D eigenvalue weighted by molar-refractivity contribution is 5.52. The number of hydrogen-bond acceptors (Lipinski definition) is 6. The van der Waals surface area contributed by atoms with E-state index in [1.807, 2.05) is 48.5 Å². The van der Waals surface area contributed by atoms with Crippen LogP contribution in [0.5, 0.6) is 0 Å². The zero-order valence-corrected chi connectivity index (χ0v) is 12.9. The Labute approximate surface area is 139 Å². The van der Waals surface area contributed by atoms with Gasteiger partial charge >= 0.3 is 0 Å². The van der Waals surface area contributed by atoms with E-state index in [2.05, 4.69) is 20.5 Å². The third-order valence-corrected chi connectivity index (χ3v) is 3.15. The van der Waals surface area contributed by atoms with Gasteiger partial charge in [-0.2, -0.15) is 20.5 Å². The number of hydrogen-bond donors (Lipinski definition) is 2. The molecule has 24 heavy (non-hydrogen) atoms. The van der Waals surface area contributed by atoms with E-state index in [0.717, 1.165) is 11.4 Å². The third kappa shape index (κ3) is 4.23. The summed E-state index contributed by atoms with van der Waals surface area (Å²) in [5.41, 5.74) is 15.6. The molecule has 0 aliphatic carbocycles. The maximum atomic E-state index is 5.71. The first kappa shape index (κ1) is 15.4. The van der Waals surface area contributed by atoms with Gasteiger partial charge in [0.05, 0.1) is 22.7 Å². The van der Waals surface area contributed by atoms with E-state index in [-0.39, 0.29) is 0 Å². The molecule has 118 valence electrons. The predicted octanol–water partition coefficient (Wildman–Crippen LogP) is 5.68. The van der Waals surface area contributed by atoms with Crippen LogP contribution in [-0.2, 0) is 0 Å². The fourth-order valence-electron chi connectivity index (χ4n) is 1.99. The lowest BCUT2D eigenvalue weighted by Gasteiger charge is -1.97. The number of azo groups is 2. The predicted molar refractivity (Wildman–Crippen MR) is 96.5 cm³/mol. The molecule has 0 fully saturated rings. The fraction of sp³-hybridized carbons (Fsp3) is 0. The van der Waals surface area contributed by atoms with Gasteiger partial charge in [-0.15, -0.1) is 0 Å². The molecule has 0 unspecified atom stereocenters. The number of anilines is 2. The molecule has 0 spiro atoms. The van der Waals surface area contributed by atoms with E-state index in [4.69, 9.17) is 11.5 Å². The first-order chi connectivity index (χ1) is 11.7. The lowest BCUT2D eigenvalue weighted by Crippen LogP contribution is -1.81. The molecule has 0 amide bonds. The lowest BCUT2D eigenvalue weighted by molar-refractivity contribution is 1.21. The second-order valence-corrected chi connectivity index (χ2v) is 5.11. The van der Waals surface area contributed by atoms with Crippen LogP contribution in [0, 0.1) is 0 Å². The molecule has 0 aromatic heterocycles. The van der Waals surface area contributed by atoms with Gasteiger partial charge in [0.25, 0.3) is 0 Å². The zero-order chi connectivity index (χ0) is 16.8. The van der Waals surface area contributed by atoms with E-state index >= 15 is 0 Å². The van der Waals surface area contributed by atoms with Crippen molar-refractivity contribution in [2.75, 3.05) is 11.5 Å². The Bertz CT molecular complexity index is 810. The molecule has 0 aliphatic heterocycles. The summed E-state index contributed by atoms with van der Waals surface area (Å²) in [7, 11) is 0. The number of nitrogen functional groups attached to an aromatic ring is 2. The van der Waals surface area contributed by atoms with Gasteiger partial charge in [-0.25, -0.2) is 0 Å². The van der Waals surface area contributed by atoms with Crippen molar-refractivity contribution < 1.29 is 0 Å². The van der Waals surface area contributed by atoms with Gasteiger partial charge in [0.2, 0.25) is 0 Å². The lowest BCUT2D eigenvalue weighted by atomic mass is 10.3. The van der Waals surface area contributed by atoms with Crippen LogP contribution in [0.4, 0.5) is 34.1 Å². The molecular weight excluding hydrogens is 300 g/mol. The Morgan fingerprint density at radius 1 is 0.458 bits per heavy atom. The molecule has 0 atom stereocenters. The van der Waals surface area contributed by atoms with Gasteiger partial charge in [-0.05, 0) is 60.7 Å². The smallest absolute Gasteiger partial charge is 0.0877 e. The van der Waals surface area contributed by atoms with Gasteiger partial charge in [0.1, 0.15) is 0 Å². The van der Waals surface area contributed by atoms with Gasteiger partial charge in [0, 0.05) is 11.4 Å². The Hall–Kier alpha value is -3.54. The summed E-state index contributed by atoms with van der Waals surface area (Å²) in [5, 5.41) is 16.6. The Kier molecular flexibility index (Phi) is 4.57. The average molecular weight is 316 g/mol. The van der Waals surface area contributed by atoms with Gasteiger partial charge in [-0.3, -0.25) is 0 Å². The second-order valence-electron chi connectivity index (χ2n) is 5.11. The molecule has 3 aromatic rings. The standard InChI is InChI=1S/C18H16N6/c19-13-3-1-5-17(11-13)23-21-15-7-9-16(10-8-15)22-24-18-6-2-4-14(20)12-18/h1-12H,19-20H2. The number of benzene rings is 3. The maximum Gasteiger partial charge on any atom is 0.0877 e. The monoisotopic (exact) mass is 316 g/mol. The summed E-state index contributed by atoms with van der Waals surface area (Å²) >= 11 is 0. The average Bonchev–Trinajstić information content (AvgIpc) is 2.59. The molecule has 0 heterocycles. The Balaban J connectivity index is 1.69. The molecule has 6 heteroatoms. The quantitative estimate of drug-likeness (QED) is 0.477. The molecule has 6 nitrogen and oxygen atoms in total. The molecular formula is C18H16N6. The van der Waals surface area contributed by atoms with Crippen molar-refractivity contribution in [3.63, 3.8) is 0 Å². The largest absolute Gasteiger partial charge is 0.399 e. The summed E-state index contributed by atoms with van der Waals surface area (Å²) in [5.74, 6) is 0. The maximum absolute atomic E-state index is 5.71. The highest BCUT2D eigenvalue weighted by Gasteiger charge is 1.95. The number of rotatable bonds is 4. The van der Waals surface area contributed by atoms with Crippen molar-refractivity contribution in [1.29, 1.82) is 0 Å². The fourth-order valence-corrected chi connectivity index (χ4v) is 1.99. The summed E-state index contributed by atoms with van der Waals surface area (Å²) in [6, 6.07) is 21.8. The van der Waals surface area contributed by atoms with Crippen molar-refractivity contribution in [2.45, 2.75) is 0 Å². The first-order valence-corrected chi connectivity index (χ1v) is 7.34. The molecule has 0 bridgehead atoms. The van der Waals surface area contributed by atoms with Crippen LogP contribution < -0.4 is 11.5 Å². The molecule has 0 radical (unpaired) electrons. The summed E-state index contributed by atoms with van der Waals surface area (Å²) in [6.45, 7) is 0. The van der Waals surface area contributed by atoms with Crippen LogP contribution in [0.3, 0.4) is 0 Å². The normalized spacial score (nSPS) is 11.3. The minimum Gasteiger partial charge on any atom is -0.399 e. The zero-order valence-electron chi connectivity index (χ0n) is 12.9. The Morgan fingerprint density at radius 3 is 1.21 bits per heavy atom. The van der Waals surface area contributed by atoms with Crippen molar-refractivity contribution in [3.8, 4) is 0 Å². The molecule has 4 N–H and O–H groups in total. The van der Waals surface area contributed by atoms with E-state index in [1.54, 1.807) is 24.3 Å². The molecule has 0 saturated carbocycles. The van der Waals surface area contributed by atoms with Gasteiger partial charge in [0.15, 0.2) is 0 Å². The van der Waals surface area contributed by atoms with Crippen LogP contribution in [0.2, 0.25) is 0 Å². The SMILES string of the molecule is Nc1cccc(N=Nc2ccc(N=Nc3cccc(N)c3)cc2)c1. The summed E-state index contributed by atoms with van der Waals surface area (Å²) in [6.07, 6.45) is 0. The molecule has 0 aliphatic rings. The third-order valence-electron chi connectivity index (χ3n) is 3.15. The van der Waals surface area contributed by atoms with Crippen molar-refractivity contribution in [1.82, 2.24) is 0 Å². The van der Waals surface area contributed by atoms with Crippen molar-refractivity contribution in [2.24, 2.45) is 20.5 Å². The van der Waals surface area contributed by atoms with E-state index in [9.17, 15) is 0 Å². The summed E-state index contributed by atoms with van der Waals surface area (Å²) in [4.78, 5) is 0. The van der Waals surface area contributed by atoms with Crippen LogP contribution in [0.1, 0.15) is 0 Å². The topological polar surface area (TPSA) is 101 Å². The van der Waals surface area contributed by atoms with E-state index in [0.29, 0.717) is 22.7 Å². The second kappa shape index (κ2) is 7.15. The van der Waals surface area contributed by atoms with Crippen LogP contribution in [0.15, 0.2) is 93.3 Å². The van der Waals surface area contributed by atoms with Crippen molar-refractivity contribution >= 4 is 34.1 Å². The van der Waals surface area contributed by atoms with Crippen LogP contribution >= 0.6 is 0 Å². The van der Waals surface area contributed by atoms with Crippen LogP contribution in [-0.4, -0.2) is 0 Å². The van der Waals surface area contributed by atoms with E-state index < -0.39 is 0 Å². The van der Waals surface area contributed by atoms with Gasteiger partial charge < -0.3 is 11.5 Å². The number of nitrogens with two attached hydrogens (primary N) is 2. The minimum atomic E-state index is 0.656. The van der Waals surface area contributed by atoms with Gasteiger partial charge in [-0.1, -0.05) is 12.1 Å². The van der Waals surface area contributed by atoms with Crippen molar-refractivity contribution in [3.05, 3.63) is 72.8 Å². The minimum absolute atomic E-state index is 0.656. The molecule has 3 rings (SSSR count). The molecule has 0 saturated heterocycles. The Morgan fingerprint density at radius 2 is 0.833 bits per heavy atom. The summed E-state index contributed by atoms with van der Waals surface area (Å²) < 4.78 is 0. The molecule has 3 aromatic carbocycles. The van der Waals surface area contributed by atoms with Crippen LogP contribution in [0.25, 0.3) is 0 Å². The number of nitrogens with zero attached hydrogens (tertiary/aromatic N) is 4.